The molecule has 0 aliphatic carbocycles. The molecular weight excluding hydrogens is 283 g/mol. The Balaban J connectivity index is 1.90. The van der Waals surface area contributed by atoms with Crippen LogP contribution in [-0.4, -0.2) is 25.2 Å². The number of nitrogens with one attached hydrogen (secondary N) is 3. The molecule has 4 nitrogen and oxygen atoms in total. The first-order valence-corrected chi connectivity index (χ1v) is 6.82. The van der Waals surface area contributed by atoms with Crippen molar-refractivity contribution in [2.24, 2.45) is 5.92 Å². The molecule has 1 fully saturated rings. The van der Waals surface area contributed by atoms with Gasteiger partial charge in [-0.1, -0.05) is 6.92 Å². The van der Waals surface area contributed by atoms with Gasteiger partial charge in [-0.15, -0.1) is 0 Å². The van der Waals surface area contributed by atoms with E-state index < -0.39 is 17.8 Å². The fourth-order valence-corrected chi connectivity index (χ4v) is 2.31. The van der Waals surface area contributed by atoms with E-state index >= 15 is 0 Å². The summed E-state index contributed by atoms with van der Waals surface area (Å²) in [6, 6.07) is 4.06. The van der Waals surface area contributed by atoms with Crippen molar-refractivity contribution < 1.29 is 18.0 Å². The van der Waals surface area contributed by atoms with Crippen LogP contribution in [0.4, 0.5) is 23.7 Å². The van der Waals surface area contributed by atoms with Gasteiger partial charge in [-0.2, -0.15) is 13.2 Å². The lowest BCUT2D eigenvalue weighted by Gasteiger charge is -2.30. The zero-order chi connectivity index (χ0) is 15.5. The molecule has 0 saturated carbocycles. The molecule has 0 aromatic heterocycles. The molecule has 2 rings (SSSR count). The average Bonchev–Trinajstić information content (AvgIpc) is 2.41. The largest absolute Gasteiger partial charge is 0.416 e. The maximum Gasteiger partial charge on any atom is 0.416 e. The van der Waals surface area contributed by atoms with Crippen LogP contribution in [0.2, 0.25) is 0 Å². The lowest BCUT2D eigenvalue weighted by atomic mass is 9.95. The quantitative estimate of drug-likeness (QED) is 0.787. The first-order valence-electron chi connectivity index (χ1n) is 6.82. The monoisotopic (exact) mass is 301 g/mol. The van der Waals surface area contributed by atoms with Crippen LogP contribution in [0.1, 0.15) is 18.9 Å². The molecule has 7 heteroatoms. The van der Waals surface area contributed by atoms with Gasteiger partial charge in [0.1, 0.15) is 0 Å². The van der Waals surface area contributed by atoms with E-state index in [1.165, 1.54) is 12.1 Å². The number of alkyl halides is 3. The number of hydrogen-bond donors (Lipinski definition) is 3. The minimum Gasteiger partial charge on any atom is -0.335 e. The van der Waals surface area contributed by atoms with Gasteiger partial charge in [0, 0.05) is 11.7 Å². The van der Waals surface area contributed by atoms with Crippen molar-refractivity contribution in [3.63, 3.8) is 0 Å². The van der Waals surface area contributed by atoms with Crippen molar-refractivity contribution in [1.82, 2.24) is 10.6 Å². The van der Waals surface area contributed by atoms with E-state index in [-0.39, 0.29) is 6.04 Å². The second kappa shape index (κ2) is 6.34. The highest BCUT2D eigenvalue weighted by Gasteiger charge is 2.30. The summed E-state index contributed by atoms with van der Waals surface area (Å²) in [4.78, 5) is 11.8. The Hall–Kier alpha value is -1.76. The Kier molecular flexibility index (Phi) is 4.72. The molecule has 2 atom stereocenters. The lowest BCUT2D eigenvalue weighted by Crippen LogP contribution is -2.49. The molecule has 21 heavy (non-hydrogen) atoms. The summed E-state index contributed by atoms with van der Waals surface area (Å²) < 4.78 is 37.3. The molecule has 0 bridgehead atoms. The van der Waals surface area contributed by atoms with Crippen LogP contribution in [0.25, 0.3) is 0 Å². The minimum absolute atomic E-state index is 0.0701. The summed E-state index contributed by atoms with van der Waals surface area (Å²) in [6.07, 6.45) is -3.53. The first-order chi connectivity index (χ1) is 9.86. The highest BCUT2D eigenvalue weighted by atomic mass is 19.4. The van der Waals surface area contributed by atoms with Gasteiger partial charge in [0.15, 0.2) is 0 Å². The summed E-state index contributed by atoms with van der Waals surface area (Å²) in [5, 5.41) is 8.63. The maximum absolute atomic E-state index is 12.4. The number of halogens is 3. The van der Waals surface area contributed by atoms with E-state index in [1.54, 1.807) is 0 Å². The van der Waals surface area contributed by atoms with E-state index in [0.717, 1.165) is 31.6 Å². The number of rotatable bonds is 2. The summed E-state index contributed by atoms with van der Waals surface area (Å²) >= 11 is 0. The van der Waals surface area contributed by atoms with Crippen LogP contribution in [0.15, 0.2) is 24.3 Å². The normalized spacial score (nSPS) is 22.7. The van der Waals surface area contributed by atoms with Crippen LogP contribution in [0, 0.1) is 5.92 Å². The molecule has 2 amide bonds. The maximum atomic E-state index is 12.4. The molecule has 0 spiro atoms. The number of anilines is 1. The van der Waals surface area contributed by atoms with Gasteiger partial charge in [-0.3, -0.25) is 0 Å². The van der Waals surface area contributed by atoms with Crippen LogP contribution in [0.5, 0.6) is 0 Å². The van der Waals surface area contributed by atoms with Crippen LogP contribution in [0.3, 0.4) is 0 Å². The standard InChI is InChI=1S/C14H18F3N3O/c1-9-8-18-7-6-12(9)20-13(21)19-11-4-2-10(3-5-11)14(15,16)17/h2-5,9,12,18H,6-8H2,1H3,(H2,19,20,21). The zero-order valence-electron chi connectivity index (χ0n) is 11.6. The van der Waals surface area contributed by atoms with Gasteiger partial charge in [-0.25, -0.2) is 4.79 Å². The van der Waals surface area contributed by atoms with Crippen molar-refractivity contribution in [2.45, 2.75) is 25.6 Å². The molecular formula is C14H18F3N3O. The average molecular weight is 301 g/mol. The van der Waals surface area contributed by atoms with E-state index in [1.807, 2.05) is 6.92 Å². The second-order valence-corrected chi connectivity index (χ2v) is 5.25. The Morgan fingerprint density at radius 1 is 1.29 bits per heavy atom. The Labute approximate surface area is 121 Å². The molecule has 1 aliphatic rings. The van der Waals surface area contributed by atoms with Gasteiger partial charge in [0.2, 0.25) is 0 Å². The van der Waals surface area contributed by atoms with Crippen molar-refractivity contribution in [3.05, 3.63) is 29.8 Å². The van der Waals surface area contributed by atoms with Crippen LogP contribution < -0.4 is 16.0 Å². The van der Waals surface area contributed by atoms with E-state index in [2.05, 4.69) is 16.0 Å². The lowest BCUT2D eigenvalue weighted by molar-refractivity contribution is -0.137. The van der Waals surface area contributed by atoms with E-state index in [9.17, 15) is 18.0 Å². The van der Waals surface area contributed by atoms with Crippen LogP contribution >= 0.6 is 0 Å². The van der Waals surface area contributed by atoms with Gasteiger partial charge in [-0.05, 0) is 49.7 Å². The molecule has 1 aromatic rings. The molecule has 1 aromatic carbocycles. The van der Waals surface area contributed by atoms with Crippen molar-refractivity contribution in [3.8, 4) is 0 Å². The molecule has 0 radical (unpaired) electrons. The summed E-state index contributed by atoms with van der Waals surface area (Å²) in [7, 11) is 0. The van der Waals surface area contributed by atoms with E-state index in [4.69, 9.17) is 0 Å². The molecule has 1 aliphatic heterocycles. The summed E-state index contributed by atoms with van der Waals surface area (Å²) in [6.45, 7) is 3.72. The Morgan fingerprint density at radius 3 is 2.52 bits per heavy atom. The summed E-state index contributed by atoms with van der Waals surface area (Å²) in [5.74, 6) is 0.317. The number of carbonyl (C=O) groups is 1. The van der Waals surface area contributed by atoms with E-state index in [0.29, 0.717) is 11.6 Å². The molecule has 1 saturated heterocycles. The molecule has 2 unspecified atom stereocenters. The predicted molar refractivity (Wildman–Crippen MR) is 74.0 cm³/mol. The number of benzene rings is 1. The van der Waals surface area contributed by atoms with Crippen molar-refractivity contribution >= 4 is 11.7 Å². The topological polar surface area (TPSA) is 53.2 Å². The third-order valence-electron chi connectivity index (χ3n) is 3.57. The van der Waals surface area contributed by atoms with Gasteiger partial charge in [0.05, 0.1) is 5.56 Å². The predicted octanol–water partition coefficient (Wildman–Crippen LogP) is 2.82. The molecule has 1 heterocycles. The van der Waals surface area contributed by atoms with Gasteiger partial charge >= 0.3 is 12.2 Å². The van der Waals surface area contributed by atoms with Crippen molar-refractivity contribution in [1.29, 1.82) is 0 Å². The highest BCUT2D eigenvalue weighted by Crippen LogP contribution is 2.29. The Morgan fingerprint density at radius 2 is 1.95 bits per heavy atom. The van der Waals surface area contributed by atoms with Gasteiger partial charge in [0.25, 0.3) is 0 Å². The fraction of sp³-hybridized carbons (Fsp3) is 0.500. The number of piperidine rings is 1. The minimum atomic E-state index is -4.37. The van der Waals surface area contributed by atoms with Crippen LogP contribution in [-0.2, 0) is 6.18 Å². The highest BCUT2D eigenvalue weighted by molar-refractivity contribution is 5.89. The molecule has 116 valence electrons. The molecule has 3 N–H and O–H groups in total. The van der Waals surface area contributed by atoms with Gasteiger partial charge < -0.3 is 16.0 Å². The number of amides is 2. The first kappa shape index (κ1) is 15.6. The van der Waals surface area contributed by atoms with Crippen molar-refractivity contribution in [2.75, 3.05) is 18.4 Å². The fourth-order valence-electron chi connectivity index (χ4n) is 2.31. The SMILES string of the molecule is CC1CNCCC1NC(=O)Nc1ccc(C(F)(F)F)cc1. The summed E-state index contributed by atoms with van der Waals surface area (Å²) in [5.41, 5.74) is -0.400. The number of urea groups is 1. The smallest absolute Gasteiger partial charge is 0.335 e. The third kappa shape index (κ3) is 4.35. The Bertz CT molecular complexity index is 487. The third-order valence-corrected chi connectivity index (χ3v) is 3.57. The number of carbonyl (C=O) groups excluding carboxylic acids is 1. The number of hydrogen-bond acceptors (Lipinski definition) is 2. The zero-order valence-corrected chi connectivity index (χ0v) is 11.6. The second-order valence-electron chi connectivity index (χ2n) is 5.25.